The molecular weight excluding hydrogens is 408 g/mol. The quantitative estimate of drug-likeness (QED) is 0.395. The van der Waals surface area contributed by atoms with Crippen LogP contribution in [0.5, 0.6) is 0 Å². The summed E-state index contributed by atoms with van der Waals surface area (Å²) in [6, 6.07) is 21.0. The molecule has 6 nitrogen and oxygen atoms in total. The molecule has 0 radical (unpaired) electrons. The molecule has 2 heterocycles. The molecule has 2 amide bonds. The van der Waals surface area contributed by atoms with Gasteiger partial charge < -0.3 is 15.2 Å². The minimum absolute atomic E-state index is 0.0461. The number of hydrogen-bond acceptors (Lipinski definition) is 4. The van der Waals surface area contributed by atoms with Crippen LogP contribution in [0.25, 0.3) is 11.0 Å². The Labute approximate surface area is 184 Å². The van der Waals surface area contributed by atoms with E-state index in [1.165, 1.54) is 0 Å². The summed E-state index contributed by atoms with van der Waals surface area (Å²) >= 11 is 1.62. The predicted molar refractivity (Wildman–Crippen MR) is 123 cm³/mol. The Bertz CT molecular complexity index is 1150. The number of carbonyl (C=O) groups excluding carboxylic acids is 2. The molecule has 0 atom stereocenters. The van der Waals surface area contributed by atoms with Gasteiger partial charge >= 0.3 is 0 Å². The van der Waals surface area contributed by atoms with Crippen LogP contribution in [0.3, 0.4) is 0 Å². The molecule has 158 valence electrons. The van der Waals surface area contributed by atoms with Gasteiger partial charge in [-0.2, -0.15) is 0 Å². The summed E-state index contributed by atoms with van der Waals surface area (Å²) in [6.45, 7) is 1.29. The van der Waals surface area contributed by atoms with E-state index < -0.39 is 0 Å². The summed E-state index contributed by atoms with van der Waals surface area (Å²) in [5.74, 6) is 0.721. The molecule has 0 aliphatic carbocycles. The third-order valence-corrected chi connectivity index (χ3v) is 5.85. The molecule has 0 fully saturated rings. The van der Waals surface area contributed by atoms with Crippen LogP contribution in [0.1, 0.15) is 27.5 Å². The molecule has 0 aliphatic heterocycles. The van der Waals surface area contributed by atoms with Crippen molar-refractivity contribution < 1.29 is 9.59 Å². The van der Waals surface area contributed by atoms with Gasteiger partial charge in [0.15, 0.2) is 0 Å². The number of nitrogens with one attached hydrogen (secondary N) is 2. The van der Waals surface area contributed by atoms with Crippen molar-refractivity contribution >= 4 is 34.2 Å². The number of carbonyl (C=O) groups is 2. The van der Waals surface area contributed by atoms with Gasteiger partial charge in [-0.25, -0.2) is 4.98 Å². The number of aromatic nitrogens is 2. The molecule has 2 aromatic carbocycles. The van der Waals surface area contributed by atoms with Crippen LogP contribution < -0.4 is 10.6 Å². The van der Waals surface area contributed by atoms with Crippen LogP contribution >= 0.6 is 11.3 Å². The van der Waals surface area contributed by atoms with Crippen molar-refractivity contribution in [2.24, 2.45) is 0 Å². The van der Waals surface area contributed by atoms with Crippen LogP contribution in [0.15, 0.2) is 72.1 Å². The third kappa shape index (κ3) is 5.38. The zero-order valence-electron chi connectivity index (χ0n) is 17.1. The maximum atomic E-state index is 12.6. The minimum atomic E-state index is -0.0814. The average molecular weight is 433 g/mol. The lowest BCUT2D eigenvalue weighted by atomic mass is 10.2. The first kappa shape index (κ1) is 20.8. The zero-order valence-corrected chi connectivity index (χ0v) is 17.9. The van der Waals surface area contributed by atoms with Gasteiger partial charge in [-0.05, 0) is 42.1 Å². The van der Waals surface area contributed by atoms with E-state index in [1.807, 2.05) is 64.5 Å². The van der Waals surface area contributed by atoms with Crippen molar-refractivity contribution in [3.05, 3.63) is 88.4 Å². The van der Waals surface area contributed by atoms with Crippen molar-refractivity contribution in [2.45, 2.75) is 25.9 Å². The Morgan fingerprint density at radius 2 is 1.74 bits per heavy atom. The molecule has 0 saturated heterocycles. The van der Waals surface area contributed by atoms with Gasteiger partial charge in [0, 0.05) is 23.4 Å². The first-order valence-corrected chi connectivity index (χ1v) is 11.1. The van der Waals surface area contributed by atoms with Crippen LogP contribution in [-0.4, -0.2) is 27.9 Å². The van der Waals surface area contributed by atoms with Crippen LogP contribution in [0.2, 0.25) is 0 Å². The smallest absolute Gasteiger partial charge is 0.251 e. The fraction of sp³-hybridized carbons (Fsp3) is 0.208. The maximum absolute atomic E-state index is 12.6. The summed E-state index contributed by atoms with van der Waals surface area (Å²) in [4.78, 5) is 30.6. The summed E-state index contributed by atoms with van der Waals surface area (Å²) < 4.78 is 1.97. The van der Waals surface area contributed by atoms with Crippen molar-refractivity contribution in [1.29, 1.82) is 0 Å². The lowest BCUT2D eigenvalue weighted by Crippen LogP contribution is -2.28. The van der Waals surface area contributed by atoms with Crippen LogP contribution in [-0.2, 0) is 24.3 Å². The standard InChI is InChI=1S/C24H24N4O2S/c29-23(26-16-19-10-7-15-31-19)17-28-21-12-5-4-11-20(21)27-22(28)13-6-14-25-24(30)18-8-2-1-3-9-18/h1-5,7-12,15H,6,13-14,16-17H2,(H,25,30)(H,26,29). The van der Waals surface area contributed by atoms with Gasteiger partial charge in [0.2, 0.25) is 5.91 Å². The number of imidazole rings is 1. The molecule has 31 heavy (non-hydrogen) atoms. The highest BCUT2D eigenvalue weighted by atomic mass is 32.1. The molecule has 4 aromatic rings. The highest BCUT2D eigenvalue weighted by molar-refractivity contribution is 7.09. The van der Waals surface area contributed by atoms with Gasteiger partial charge in [-0.1, -0.05) is 36.4 Å². The van der Waals surface area contributed by atoms with Crippen molar-refractivity contribution in [3.63, 3.8) is 0 Å². The molecule has 4 rings (SSSR count). The Hall–Kier alpha value is -3.45. The molecular formula is C24H24N4O2S. The summed E-state index contributed by atoms with van der Waals surface area (Å²) in [5.41, 5.74) is 2.46. The normalized spacial score (nSPS) is 10.8. The summed E-state index contributed by atoms with van der Waals surface area (Å²) in [7, 11) is 0. The maximum Gasteiger partial charge on any atom is 0.251 e. The minimum Gasteiger partial charge on any atom is -0.352 e. The Kier molecular flexibility index (Phi) is 6.74. The van der Waals surface area contributed by atoms with Crippen molar-refractivity contribution in [1.82, 2.24) is 20.2 Å². The van der Waals surface area contributed by atoms with E-state index in [-0.39, 0.29) is 18.4 Å². The van der Waals surface area contributed by atoms with E-state index in [4.69, 9.17) is 4.98 Å². The summed E-state index contributed by atoms with van der Waals surface area (Å²) in [5, 5.41) is 7.93. The molecule has 0 spiro atoms. The van der Waals surface area contributed by atoms with Gasteiger partial charge in [0.25, 0.3) is 5.91 Å². The zero-order chi connectivity index (χ0) is 21.5. The number of fused-ring (bicyclic) bond motifs is 1. The molecule has 0 aliphatic rings. The molecule has 2 aromatic heterocycles. The van der Waals surface area contributed by atoms with E-state index in [0.717, 1.165) is 28.2 Å². The second-order valence-electron chi connectivity index (χ2n) is 7.18. The number of thiophene rings is 1. The van der Waals surface area contributed by atoms with E-state index in [0.29, 0.717) is 25.1 Å². The monoisotopic (exact) mass is 432 g/mol. The highest BCUT2D eigenvalue weighted by Gasteiger charge is 2.14. The first-order valence-electron chi connectivity index (χ1n) is 10.3. The Morgan fingerprint density at radius 3 is 2.55 bits per heavy atom. The second-order valence-corrected chi connectivity index (χ2v) is 8.22. The van der Waals surface area contributed by atoms with Crippen molar-refractivity contribution in [3.8, 4) is 0 Å². The van der Waals surface area contributed by atoms with E-state index in [1.54, 1.807) is 23.5 Å². The second kappa shape index (κ2) is 10.0. The molecule has 0 bridgehead atoms. The number of aryl methyl sites for hydroxylation is 1. The third-order valence-electron chi connectivity index (χ3n) is 4.97. The number of benzene rings is 2. The van der Waals surface area contributed by atoms with Crippen molar-refractivity contribution in [2.75, 3.05) is 6.54 Å². The topological polar surface area (TPSA) is 76.0 Å². The molecule has 7 heteroatoms. The lowest BCUT2D eigenvalue weighted by molar-refractivity contribution is -0.121. The van der Waals surface area contributed by atoms with E-state index >= 15 is 0 Å². The van der Waals surface area contributed by atoms with E-state index in [9.17, 15) is 9.59 Å². The SMILES string of the molecule is O=C(Cn1c(CCCNC(=O)c2ccccc2)nc2ccccc21)NCc1cccs1. The largest absolute Gasteiger partial charge is 0.352 e. The highest BCUT2D eigenvalue weighted by Crippen LogP contribution is 2.17. The van der Waals surface area contributed by atoms with Crippen LogP contribution in [0, 0.1) is 0 Å². The van der Waals surface area contributed by atoms with Gasteiger partial charge in [-0.3, -0.25) is 9.59 Å². The Balaban J connectivity index is 1.37. The number of amides is 2. The first-order chi connectivity index (χ1) is 15.2. The number of nitrogens with zero attached hydrogens (tertiary/aromatic N) is 2. The predicted octanol–water partition coefficient (Wildman–Crippen LogP) is 3.78. The molecule has 2 N–H and O–H groups in total. The average Bonchev–Trinajstić information content (AvgIpc) is 3.44. The van der Waals surface area contributed by atoms with Gasteiger partial charge in [-0.15, -0.1) is 11.3 Å². The Morgan fingerprint density at radius 1 is 0.935 bits per heavy atom. The van der Waals surface area contributed by atoms with Gasteiger partial charge in [0.1, 0.15) is 12.4 Å². The number of hydrogen-bond donors (Lipinski definition) is 2. The molecule has 0 saturated carbocycles. The lowest BCUT2D eigenvalue weighted by Gasteiger charge is -2.10. The number of para-hydroxylation sites is 2. The molecule has 0 unspecified atom stereocenters. The van der Waals surface area contributed by atoms with E-state index in [2.05, 4.69) is 10.6 Å². The fourth-order valence-corrected chi connectivity index (χ4v) is 4.08. The van der Waals surface area contributed by atoms with Gasteiger partial charge in [0.05, 0.1) is 17.6 Å². The number of rotatable bonds is 9. The summed E-state index contributed by atoms with van der Waals surface area (Å²) in [6.07, 6.45) is 1.40. The fourth-order valence-electron chi connectivity index (χ4n) is 3.43. The van der Waals surface area contributed by atoms with Crippen LogP contribution in [0.4, 0.5) is 0 Å².